The van der Waals surface area contributed by atoms with E-state index in [1.165, 1.54) is 0 Å². The van der Waals surface area contributed by atoms with Crippen LogP contribution in [0.25, 0.3) is 33.9 Å². The molecule has 47 heavy (non-hydrogen) atoms. The number of nitrogens with zero attached hydrogens (tertiary/aromatic N) is 4. The smallest absolute Gasteiger partial charge is 0.119 e. The van der Waals surface area contributed by atoms with Crippen molar-refractivity contribution in [3.8, 4) is 45.4 Å². The van der Waals surface area contributed by atoms with E-state index in [-0.39, 0.29) is 0 Å². The Bertz CT molecular complexity index is 1720. The molecule has 0 aliphatic heterocycles. The number of ether oxygens (including phenoxy) is 2. The molecular formula is C41H40N4O2. The molecule has 0 saturated carbocycles. The molecule has 0 aliphatic rings. The van der Waals surface area contributed by atoms with Crippen LogP contribution in [-0.2, 0) is 0 Å². The van der Waals surface area contributed by atoms with Gasteiger partial charge in [-0.1, -0.05) is 51.0 Å². The van der Waals surface area contributed by atoms with Gasteiger partial charge in [-0.15, -0.1) is 0 Å². The molecule has 6 rings (SSSR count). The Balaban J connectivity index is 1.35. The van der Waals surface area contributed by atoms with E-state index < -0.39 is 0 Å². The van der Waals surface area contributed by atoms with Crippen LogP contribution in [0.5, 0.6) is 11.5 Å². The minimum absolute atomic E-state index is 0.722. The van der Waals surface area contributed by atoms with Gasteiger partial charge >= 0.3 is 0 Å². The van der Waals surface area contributed by atoms with Crippen LogP contribution in [-0.4, -0.2) is 28.2 Å². The highest BCUT2D eigenvalue weighted by atomic mass is 16.5. The molecular weight excluding hydrogens is 580 g/mol. The maximum Gasteiger partial charge on any atom is 0.119 e. The first-order valence-electron chi connectivity index (χ1n) is 16.4. The van der Waals surface area contributed by atoms with Crippen LogP contribution in [0.15, 0.2) is 134 Å². The van der Waals surface area contributed by atoms with Crippen molar-refractivity contribution in [1.29, 1.82) is 0 Å². The molecule has 6 aromatic rings. The minimum Gasteiger partial charge on any atom is -0.494 e. The van der Waals surface area contributed by atoms with Crippen LogP contribution in [0.4, 0.5) is 17.1 Å². The fraction of sp³-hybridized carbons (Fsp3) is 0.195. The highest BCUT2D eigenvalue weighted by Gasteiger charge is 2.15. The van der Waals surface area contributed by atoms with Gasteiger partial charge < -0.3 is 14.4 Å². The van der Waals surface area contributed by atoms with E-state index in [9.17, 15) is 0 Å². The highest BCUT2D eigenvalue weighted by Crippen LogP contribution is 2.38. The Morgan fingerprint density at radius 3 is 1.34 bits per heavy atom. The lowest BCUT2D eigenvalue weighted by Gasteiger charge is -2.26. The summed E-state index contributed by atoms with van der Waals surface area (Å²) in [5.74, 6) is 1.75. The van der Waals surface area contributed by atoms with E-state index in [4.69, 9.17) is 14.5 Å². The molecule has 0 fully saturated rings. The number of anilines is 3. The second-order valence-electron chi connectivity index (χ2n) is 11.3. The number of aromatic nitrogens is 3. The van der Waals surface area contributed by atoms with E-state index in [1.807, 2.05) is 60.7 Å². The quantitative estimate of drug-likeness (QED) is 0.113. The normalized spacial score (nSPS) is 10.9. The summed E-state index contributed by atoms with van der Waals surface area (Å²) in [5.41, 5.74) is 8.48. The van der Waals surface area contributed by atoms with E-state index in [0.29, 0.717) is 0 Å². The lowest BCUT2D eigenvalue weighted by Crippen LogP contribution is -2.10. The summed E-state index contributed by atoms with van der Waals surface area (Å²) >= 11 is 0. The summed E-state index contributed by atoms with van der Waals surface area (Å²) in [6.07, 6.45) is 7.87. The van der Waals surface area contributed by atoms with Crippen LogP contribution < -0.4 is 14.4 Å². The molecule has 0 spiro atoms. The summed E-state index contributed by atoms with van der Waals surface area (Å²) < 4.78 is 11.9. The predicted octanol–water partition coefficient (Wildman–Crippen LogP) is 10.7. The van der Waals surface area contributed by atoms with Gasteiger partial charge in [0.05, 0.1) is 36.0 Å². The number of hydrogen-bond acceptors (Lipinski definition) is 6. The third kappa shape index (κ3) is 8.03. The van der Waals surface area contributed by atoms with Crippen LogP contribution in [0.3, 0.4) is 0 Å². The molecule has 0 atom stereocenters. The fourth-order valence-corrected chi connectivity index (χ4v) is 5.29. The van der Waals surface area contributed by atoms with Gasteiger partial charge in [0.2, 0.25) is 0 Å². The van der Waals surface area contributed by atoms with Gasteiger partial charge in [-0.2, -0.15) is 0 Å². The zero-order chi connectivity index (χ0) is 32.3. The first-order valence-corrected chi connectivity index (χ1v) is 16.4. The second-order valence-corrected chi connectivity index (χ2v) is 11.3. The number of benzene rings is 3. The van der Waals surface area contributed by atoms with E-state index in [0.717, 1.165) is 101 Å². The highest BCUT2D eigenvalue weighted by molar-refractivity contribution is 5.80. The Morgan fingerprint density at radius 2 is 0.936 bits per heavy atom. The number of rotatable bonds is 14. The van der Waals surface area contributed by atoms with E-state index in [2.05, 4.69) is 89.4 Å². The molecule has 0 radical (unpaired) electrons. The molecule has 0 aliphatic carbocycles. The molecule has 0 amide bonds. The molecule has 0 N–H and O–H groups in total. The van der Waals surface area contributed by atoms with E-state index in [1.54, 1.807) is 12.4 Å². The molecule has 0 unspecified atom stereocenters. The third-order valence-corrected chi connectivity index (χ3v) is 7.86. The predicted molar refractivity (Wildman–Crippen MR) is 192 cm³/mol. The van der Waals surface area contributed by atoms with Gasteiger partial charge in [0.1, 0.15) is 11.5 Å². The van der Waals surface area contributed by atoms with Gasteiger partial charge in [-0.05, 0) is 121 Å². The topological polar surface area (TPSA) is 60.4 Å². The lowest BCUT2D eigenvalue weighted by molar-refractivity contribution is 0.309. The van der Waals surface area contributed by atoms with Gasteiger partial charge in [0.25, 0.3) is 0 Å². The lowest BCUT2D eigenvalue weighted by atomic mass is 10.0. The van der Waals surface area contributed by atoms with Crippen LogP contribution in [0, 0.1) is 0 Å². The monoisotopic (exact) mass is 620 g/mol. The van der Waals surface area contributed by atoms with E-state index >= 15 is 0 Å². The average Bonchev–Trinajstić information content (AvgIpc) is 3.14. The first-order chi connectivity index (χ1) is 23.2. The molecule has 3 heterocycles. The first kappa shape index (κ1) is 31.5. The maximum atomic E-state index is 5.95. The molecule has 236 valence electrons. The van der Waals surface area contributed by atoms with Crippen molar-refractivity contribution in [1.82, 2.24) is 15.0 Å². The summed E-state index contributed by atoms with van der Waals surface area (Å²) in [5, 5.41) is 0. The summed E-state index contributed by atoms with van der Waals surface area (Å²) in [6.45, 7) is 5.78. The zero-order valence-electron chi connectivity index (χ0n) is 27.0. The average molecular weight is 621 g/mol. The minimum atomic E-state index is 0.722. The zero-order valence-corrected chi connectivity index (χ0v) is 27.0. The van der Waals surface area contributed by atoms with Crippen LogP contribution >= 0.6 is 0 Å². The van der Waals surface area contributed by atoms with Gasteiger partial charge in [0.15, 0.2) is 0 Å². The Hall–Kier alpha value is -5.49. The van der Waals surface area contributed by atoms with Crippen molar-refractivity contribution in [3.05, 3.63) is 134 Å². The number of unbranched alkanes of at least 4 members (excludes halogenated alkanes) is 2. The molecule has 3 aromatic carbocycles. The fourth-order valence-electron chi connectivity index (χ4n) is 5.29. The van der Waals surface area contributed by atoms with Crippen molar-refractivity contribution < 1.29 is 9.47 Å². The Kier molecular flexibility index (Phi) is 10.5. The van der Waals surface area contributed by atoms with Crippen LogP contribution in [0.2, 0.25) is 0 Å². The van der Waals surface area contributed by atoms with Crippen molar-refractivity contribution in [2.75, 3.05) is 18.1 Å². The third-order valence-electron chi connectivity index (χ3n) is 7.86. The SMILES string of the molecule is CCCCOc1ccc(N(c2ccc(OCCCC)cc2)c2ccc(-c3cc(-c4ccccn4)nc(-c4ccccn4)c3)cc2)cc1. The van der Waals surface area contributed by atoms with Gasteiger partial charge in [0, 0.05) is 29.5 Å². The molecule has 6 heteroatoms. The standard InChI is InChI=1S/C41H40N4O2/c1-3-5-27-46-36-21-17-34(18-22-36)45(35-19-23-37(24-20-35)47-28-6-4-2)33-15-13-31(14-16-33)32-29-40(38-11-7-9-25-42-38)44-41(30-32)39-12-8-10-26-43-39/h7-26,29-30H,3-6,27-28H2,1-2H3. The van der Waals surface area contributed by atoms with Gasteiger partial charge in [-0.3, -0.25) is 9.97 Å². The Morgan fingerprint density at radius 1 is 0.489 bits per heavy atom. The molecule has 0 saturated heterocycles. The number of pyridine rings is 3. The molecule has 0 bridgehead atoms. The summed E-state index contributed by atoms with van der Waals surface area (Å²) in [7, 11) is 0. The van der Waals surface area contributed by atoms with Crippen LogP contribution in [0.1, 0.15) is 39.5 Å². The van der Waals surface area contributed by atoms with Gasteiger partial charge in [-0.25, -0.2) is 4.98 Å². The van der Waals surface area contributed by atoms with Crippen molar-refractivity contribution in [2.24, 2.45) is 0 Å². The Labute approximate surface area is 277 Å². The maximum absolute atomic E-state index is 5.95. The van der Waals surface area contributed by atoms with Crippen molar-refractivity contribution in [2.45, 2.75) is 39.5 Å². The molecule has 3 aromatic heterocycles. The van der Waals surface area contributed by atoms with Crippen molar-refractivity contribution in [3.63, 3.8) is 0 Å². The second kappa shape index (κ2) is 15.7. The summed E-state index contributed by atoms with van der Waals surface area (Å²) in [4.78, 5) is 16.3. The largest absolute Gasteiger partial charge is 0.494 e. The molecule has 6 nitrogen and oxygen atoms in total. The van der Waals surface area contributed by atoms with Crippen molar-refractivity contribution >= 4 is 17.1 Å². The summed E-state index contributed by atoms with van der Waals surface area (Å²) in [6, 6.07) is 41.2. The number of hydrogen-bond donors (Lipinski definition) is 0.